The number of aliphatic hydroxyl groups excluding tert-OH is 1. The molecule has 0 saturated heterocycles. The van der Waals surface area contributed by atoms with Crippen LogP contribution in [0, 0.1) is 0 Å². The van der Waals surface area contributed by atoms with Crippen LogP contribution in [0.5, 0.6) is 0 Å². The van der Waals surface area contributed by atoms with Gasteiger partial charge < -0.3 is 14.6 Å². The number of carbonyl (C=O) groups excluding carboxylic acids is 1. The van der Waals surface area contributed by atoms with Crippen molar-refractivity contribution in [1.29, 1.82) is 0 Å². The molecule has 0 rings (SSSR count). The van der Waals surface area contributed by atoms with Crippen LogP contribution in [0.2, 0.25) is 0 Å². The Morgan fingerprint density at radius 3 is 0.770 bits per heavy atom. The van der Waals surface area contributed by atoms with Gasteiger partial charge in [0.2, 0.25) is 0 Å². The van der Waals surface area contributed by atoms with Gasteiger partial charge in [-0.1, -0.05) is 316 Å². The number of esters is 1. The van der Waals surface area contributed by atoms with Crippen molar-refractivity contribution in [3.05, 3.63) is 0 Å². The zero-order valence-electron chi connectivity index (χ0n) is 42.2. The number of hydrogen-bond acceptors (Lipinski definition) is 4. The van der Waals surface area contributed by atoms with Gasteiger partial charge in [0, 0.05) is 13.0 Å². The van der Waals surface area contributed by atoms with E-state index in [1.165, 1.54) is 295 Å². The van der Waals surface area contributed by atoms with Crippen molar-refractivity contribution in [2.75, 3.05) is 19.8 Å². The van der Waals surface area contributed by atoms with Crippen molar-refractivity contribution in [3.63, 3.8) is 0 Å². The van der Waals surface area contributed by atoms with E-state index >= 15 is 0 Å². The van der Waals surface area contributed by atoms with E-state index in [2.05, 4.69) is 13.8 Å². The van der Waals surface area contributed by atoms with Crippen molar-refractivity contribution >= 4 is 5.97 Å². The lowest BCUT2D eigenvalue weighted by Crippen LogP contribution is -2.27. The minimum absolute atomic E-state index is 0.162. The summed E-state index contributed by atoms with van der Waals surface area (Å²) >= 11 is 0. The summed E-state index contributed by atoms with van der Waals surface area (Å²) in [5.74, 6) is -0.189. The molecule has 0 saturated carbocycles. The highest BCUT2D eigenvalue weighted by Gasteiger charge is 2.13. The SMILES string of the molecule is CCCCCCCCCCCCCCCCCCCCCCCCCCCCOCC(CO)OC(=O)CCCCCCCCCCCCCCCCCCCCCCCCC. The second-order valence-electron chi connectivity index (χ2n) is 19.7. The molecule has 0 aromatic carbocycles. The molecule has 1 unspecified atom stereocenters. The molecule has 0 fully saturated rings. The van der Waals surface area contributed by atoms with E-state index in [0.29, 0.717) is 19.6 Å². The molecule has 0 bridgehead atoms. The molecule has 0 radical (unpaired) electrons. The predicted octanol–water partition coefficient (Wildman–Crippen LogP) is 19.5. The highest BCUT2D eigenvalue weighted by molar-refractivity contribution is 5.69. The fourth-order valence-corrected chi connectivity index (χ4v) is 9.16. The van der Waals surface area contributed by atoms with Gasteiger partial charge in [0.05, 0.1) is 13.2 Å². The van der Waals surface area contributed by atoms with Crippen LogP contribution in [0.1, 0.15) is 335 Å². The first-order valence-electron chi connectivity index (χ1n) is 28.6. The second-order valence-corrected chi connectivity index (χ2v) is 19.7. The Balaban J connectivity index is 3.30. The fraction of sp³-hybridized carbons (Fsp3) is 0.982. The molecule has 0 spiro atoms. The third kappa shape index (κ3) is 53.6. The van der Waals surface area contributed by atoms with Gasteiger partial charge in [-0.05, 0) is 12.8 Å². The molecule has 0 aliphatic carbocycles. The van der Waals surface area contributed by atoms with Gasteiger partial charge in [-0.15, -0.1) is 0 Å². The molecule has 0 aliphatic heterocycles. The quantitative estimate of drug-likeness (QED) is 0.0489. The van der Waals surface area contributed by atoms with Crippen LogP contribution in [0.15, 0.2) is 0 Å². The average molecular weight is 864 g/mol. The third-order valence-electron chi connectivity index (χ3n) is 13.4. The lowest BCUT2D eigenvalue weighted by Gasteiger charge is -2.16. The summed E-state index contributed by atoms with van der Waals surface area (Å²) in [7, 11) is 0. The van der Waals surface area contributed by atoms with E-state index in [1.54, 1.807) is 0 Å². The Kier molecular flexibility index (Phi) is 55.0. The van der Waals surface area contributed by atoms with Gasteiger partial charge in [0.25, 0.3) is 0 Å². The molecule has 366 valence electrons. The normalized spacial score (nSPS) is 12.1. The van der Waals surface area contributed by atoms with Crippen LogP contribution >= 0.6 is 0 Å². The van der Waals surface area contributed by atoms with Gasteiger partial charge >= 0.3 is 5.97 Å². The highest BCUT2D eigenvalue weighted by atomic mass is 16.6. The molecule has 4 nitrogen and oxygen atoms in total. The largest absolute Gasteiger partial charge is 0.457 e. The van der Waals surface area contributed by atoms with Crippen molar-refractivity contribution in [2.24, 2.45) is 0 Å². The van der Waals surface area contributed by atoms with Crippen molar-refractivity contribution in [3.8, 4) is 0 Å². The van der Waals surface area contributed by atoms with E-state index in [-0.39, 0.29) is 12.6 Å². The molecule has 0 heterocycles. The molecule has 0 aliphatic rings. The van der Waals surface area contributed by atoms with Gasteiger partial charge in [-0.25, -0.2) is 0 Å². The van der Waals surface area contributed by atoms with Gasteiger partial charge in [-0.3, -0.25) is 4.79 Å². The summed E-state index contributed by atoms with van der Waals surface area (Å²) in [5, 5.41) is 9.68. The van der Waals surface area contributed by atoms with Crippen molar-refractivity contribution in [1.82, 2.24) is 0 Å². The fourth-order valence-electron chi connectivity index (χ4n) is 9.16. The first-order chi connectivity index (χ1) is 30.2. The predicted molar refractivity (Wildman–Crippen MR) is 270 cm³/mol. The number of unbranched alkanes of at least 4 members (excludes halogenated alkanes) is 47. The Morgan fingerprint density at radius 1 is 0.328 bits per heavy atom. The van der Waals surface area contributed by atoms with E-state index in [4.69, 9.17) is 9.47 Å². The minimum Gasteiger partial charge on any atom is -0.457 e. The highest BCUT2D eigenvalue weighted by Crippen LogP contribution is 2.18. The minimum atomic E-state index is -0.527. The number of rotatable bonds is 55. The summed E-state index contributed by atoms with van der Waals surface area (Å²) < 4.78 is 11.3. The van der Waals surface area contributed by atoms with Crippen LogP contribution in [0.4, 0.5) is 0 Å². The van der Waals surface area contributed by atoms with E-state index < -0.39 is 6.10 Å². The first-order valence-corrected chi connectivity index (χ1v) is 28.6. The zero-order valence-corrected chi connectivity index (χ0v) is 42.2. The smallest absolute Gasteiger partial charge is 0.306 e. The molecule has 0 aromatic rings. The lowest BCUT2D eigenvalue weighted by molar-refractivity contribution is -0.154. The van der Waals surface area contributed by atoms with Crippen LogP contribution in [0.25, 0.3) is 0 Å². The Bertz CT molecular complexity index is 785. The molecule has 0 amide bonds. The number of carbonyl (C=O) groups is 1. The Labute approximate surface area is 384 Å². The second kappa shape index (κ2) is 55.5. The third-order valence-corrected chi connectivity index (χ3v) is 13.4. The van der Waals surface area contributed by atoms with Crippen LogP contribution < -0.4 is 0 Å². The molecule has 1 N–H and O–H groups in total. The van der Waals surface area contributed by atoms with Gasteiger partial charge in [-0.2, -0.15) is 0 Å². The molecular weight excluding hydrogens is 749 g/mol. The van der Waals surface area contributed by atoms with E-state index in [1.807, 2.05) is 0 Å². The topological polar surface area (TPSA) is 55.8 Å². The summed E-state index contributed by atoms with van der Waals surface area (Å²) in [6.45, 7) is 5.43. The summed E-state index contributed by atoms with van der Waals surface area (Å²) in [5.41, 5.74) is 0. The summed E-state index contributed by atoms with van der Waals surface area (Å²) in [4.78, 5) is 12.3. The van der Waals surface area contributed by atoms with Crippen LogP contribution in [-0.2, 0) is 14.3 Å². The average Bonchev–Trinajstić information content (AvgIpc) is 3.27. The molecule has 0 aromatic heterocycles. The van der Waals surface area contributed by atoms with E-state index in [0.717, 1.165) is 19.3 Å². The number of ether oxygens (including phenoxy) is 2. The zero-order chi connectivity index (χ0) is 44.0. The Hall–Kier alpha value is -0.610. The number of aliphatic hydroxyl groups is 1. The van der Waals surface area contributed by atoms with Crippen LogP contribution in [-0.4, -0.2) is 37.0 Å². The van der Waals surface area contributed by atoms with Crippen LogP contribution in [0.3, 0.4) is 0 Å². The standard InChI is InChI=1S/C57H114O4/c1-3-5-7-9-11-13-15-17-19-21-23-25-27-28-29-31-33-35-37-39-41-43-45-47-49-51-53-60-55-56(54-58)61-57(59)52-50-48-46-44-42-40-38-36-34-32-30-26-24-22-20-18-16-14-12-10-8-6-4-2/h56,58H,3-55H2,1-2H3. The van der Waals surface area contributed by atoms with Gasteiger partial charge in [0.1, 0.15) is 6.10 Å². The monoisotopic (exact) mass is 863 g/mol. The molecule has 4 heteroatoms. The maximum absolute atomic E-state index is 12.3. The summed E-state index contributed by atoms with van der Waals surface area (Å²) in [6, 6.07) is 0. The lowest BCUT2D eigenvalue weighted by atomic mass is 10.0. The van der Waals surface area contributed by atoms with E-state index in [9.17, 15) is 9.90 Å². The number of hydrogen-bond donors (Lipinski definition) is 1. The first kappa shape index (κ1) is 60.4. The molecule has 1 atom stereocenters. The maximum atomic E-state index is 12.3. The van der Waals surface area contributed by atoms with Crippen molar-refractivity contribution < 1.29 is 19.4 Å². The van der Waals surface area contributed by atoms with Crippen molar-refractivity contribution in [2.45, 2.75) is 341 Å². The molecular formula is C57H114O4. The Morgan fingerprint density at radius 2 is 0.541 bits per heavy atom. The van der Waals surface area contributed by atoms with Gasteiger partial charge in [0.15, 0.2) is 0 Å². The maximum Gasteiger partial charge on any atom is 0.306 e. The summed E-state index contributed by atoms with van der Waals surface area (Å²) in [6.07, 6.45) is 68.0. The molecule has 61 heavy (non-hydrogen) atoms.